The van der Waals surface area contributed by atoms with Crippen LogP contribution in [0.2, 0.25) is 10.0 Å². The SMILES string of the molecule is COc1ccc(S(=O)(=O)N(CC(=O)N(Cc2ccc(Cl)cc2Cl)[C@H](C)C(=O)NC2CCCCC2)c2ccc(C)cc2)cc1Br. The van der Waals surface area contributed by atoms with Crippen LogP contribution in [0.15, 0.2) is 70.0 Å². The zero-order chi connectivity index (χ0) is 32.0. The Morgan fingerprint density at radius 3 is 2.32 bits per heavy atom. The molecule has 44 heavy (non-hydrogen) atoms. The topological polar surface area (TPSA) is 96.0 Å². The average Bonchev–Trinajstić information content (AvgIpc) is 3.00. The van der Waals surface area contributed by atoms with Crippen LogP contribution >= 0.6 is 39.1 Å². The predicted molar refractivity (Wildman–Crippen MR) is 178 cm³/mol. The zero-order valence-corrected chi connectivity index (χ0v) is 28.8. The number of hydrogen-bond acceptors (Lipinski definition) is 5. The first kappa shape index (κ1) is 34.1. The van der Waals surface area contributed by atoms with Gasteiger partial charge in [0.25, 0.3) is 10.0 Å². The molecule has 0 aromatic heterocycles. The quantitative estimate of drug-likeness (QED) is 0.227. The number of anilines is 1. The molecule has 3 aromatic rings. The number of benzene rings is 3. The van der Waals surface area contributed by atoms with Crippen LogP contribution < -0.4 is 14.4 Å². The molecule has 0 unspecified atom stereocenters. The maximum atomic E-state index is 14.2. The highest BCUT2D eigenvalue weighted by Crippen LogP contribution is 2.31. The summed E-state index contributed by atoms with van der Waals surface area (Å²) in [6.07, 6.45) is 4.97. The molecule has 0 aliphatic heterocycles. The second kappa shape index (κ2) is 15.0. The first-order chi connectivity index (χ1) is 20.9. The van der Waals surface area contributed by atoms with Crippen molar-refractivity contribution in [1.29, 1.82) is 0 Å². The Morgan fingerprint density at radius 2 is 1.70 bits per heavy atom. The molecule has 1 aliphatic rings. The van der Waals surface area contributed by atoms with E-state index in [1.54, 1.807) is 55.5 Å². The van der Waals surface area contributed by atoms with Gasteiger partial charge in [-0.05, 0) is 90.6 Å². The molecular weight excluding hydrogens is 689 g/mol. The number of nitrogens with one attached hydrogen (secondary N) is 1. The summed E-state index contributed by atoms with van der Waals surface area (Å²) in [5.74, 6) is -0.413. The van der Waals surface area contributed by atoms with Gasteiger partial charge in [0.1, 0.15) is 18.3 Å². The number of sulfonamides is 1. The summed E-state index contributed by atoms with van der Waals surface area (Å²) in [5.41, 5.74) is 1.81. The first-order valence-electron chi connectivity index (χ1n) is 14.4. The first-order valence-corrected chi connectivity index (χ1v) is 17.4. The van der Waals surface area contributed by atoms with Crippen molar-refractivity contribution in [2.45, 2.75) is 69.5 Å². The van der Waals surface area contributed by atoms with Gasteiger partial charge in [0.05, 0.1) is 22.2 Å². The van der Waals surface area contributed by atoms with Crippen molar-refractivity contribution in [3.8, 4) is 5.75 Å². The van der Waals surface area contributed by atoms with E-state index in [0.717, 1.165) is 42.0 Å². The standard InChI is InChI=1S/C32H36BrCl2N3O5S/c1-21-9-13-26(14-10-21)38(44(41,42)27-15-16-30(43-3)28(33)18-27)20-31(39)37(19-23-11-12-24(34)17-29(23)35)22(2)32(40)36-25-7-5-4-6-8-25/h9-18,22,25H,4-8,19-20H2,1-3H3,(H,36,40)/t22-/m1/s1. The van der Waals surface area contributed by atoms with E-state index in [-0.39, 0.29) is 23.4 Å². The molecule has 1 atom stereocenters. The Hall–Kier alpha value is -2.79. The van der Waals surface area contributed by atoms with Crippen LogP contribution in [0.25, 0.3) is 0 Å². The van der Waals surface area contributed by atoms with Crippen molar-refractivity contribution in [3.05, 3.63) is 86.3 Å². The van der Waals surface area contributed by atoms with E-state index in [9.17, 15) is 18.0 Å². The van der Waals surface area contributed by atoms with Gasteiger partial charge in [0.2, 0.25) is 11.8 Å². The van der Waals surface area contributed by atoms with E-state index in [4.69, 9.17) is 27.9 Å². The fourth-order valence-electron chi connectivity index (χ4n) is 5.16. The van der Waals surface area contributed by atoms with E-state index >= 15 is 0 Å². The number of amides is 2. The smallest absolute Gasteiger partial charge is 0.264 e. The number of aryl methyl sites for hydroxylation is 1. The molecule has 0 bridgehead atoms. The molecule has 0 radical (unpaired) electrons. The number of hydrogen-bond donors (Lipinski definition) is 1. The van der Waals surface area contributed by atoms with Gasteiger partial charge in [0.15, 0.2) is 0 Å². The number of carbonyl (C=O) groups excluding carboxylic acids is 2. The Morgan fingerprint density at radius 1 is 1.02 bits per heavy atom. The lowest BCUT2D eigenvalue weighted by atomic mass is 9.95. The number of methoxy groups -OCH3 is 1. The summed E-state index contributed by atoms with van der Waals surface area (Å²) in [6, 6.07) is 15.3. The number of nitrogens with zero attached hydrogens (tertiary/aromatic N) is 2. The summed E-state index contributed by atoms with van der Waals surface area (Å²) in [4.78, 5) is 29.0. The normalized spacial score (nSPS) is 14.5. The largest absolute Gasteiger partial charge is 0.496 e. The number of halogens is 3. The van der Waals surface area contributed by atoms with Gasteiger partial charge >= 0.3 is 0 Å². The van der Waals surface area contributed by atoms with Gasteiger partial charge in [-0.25, -0.2) is 8.42 Å². The second-order valence-corrected chi connectivity index (χ2v) is 14.5. The van der Waals surface area contributed by atoms with Crippen molar-refractivity contribution >= 4 is 66.7 Å². The van der Waals surface area contributed by atoms with Gasteiger partial charge in [-0.2, -0.15) is 0 Å². The lowest BCUT2D eigenvalue weighted by Gasteiger charge is -2.33. The molecule has 0 heterocycles. The van der Waals surface area contributed by atoms with Crippen LogP contribution in [-0.2, 0) is 26.2 Å². The Bertz CT molecular complexity index is 1600. The fraction of sp³-hybridized carbons (Fsp3) is 0.375. The average molecular weight is 726 g/mol. The van der Waals surface area contributed by atoms with Crippen molar-refractivity contribution < 1.29 is 22.7 Å². The van der Waals surface area contributed by atoms with Crippen molar-refractivity contribution in [2.75, 3.05) is 18.0 Å². The van der Waals surface area contributed by atoms with Crippen molar-refractivity contribution in [1.82, 2.24) is 10.2 Å². The molecule has 3 aromatic carbocycles. The van der Waals surface area contributed by atoms with Crippen molar-refractivity contribution in [3.63, 3.8) is 0 Å². The molecular formula is C32H36BrCl2N3O5S. The van der Waals surface area contributed by atoms with Crippen LogP contribution in [0.3, 0.4) is 0 Å². The monoisotopic (exact) mass is 723 g/mol. The van der Waals surface area contributed by atoms with Crippen LogP contribution in [0.1, 0.15) is 50.2 Å². The lowest BCUT2D eigenvalue weighted by Crippen LogP contribution is -2.53. The third-order valence-corrected chi connectivity index (χ3v) is 10.8. The summed E-state index contributed by atoms with van der Waals surface area (Å²) in [7, 11) is -2.76. The Labute approximate surface area is 277 Å². The lowest BCUT2D eigenvalue weighted by molar-refractivity contribution is -0.139. The number of rotatable bonds is 11. The molecule has 0 saturated heterocycles. The van der Waals surface area contributed by atoms with Crippen LogP contribution in [0.5, 0.6) is 5.75 Å². The van der Waals surface area contributed by atoms with Crippen LogP contribution in [-0.4, -0.2) is 50.9 Å². The molecule has 8 nitrogen and oxygen atoms in total. The minimum atomic E-state index is -4.24. The van der Waals surface area contributed by atoms with Crippen LogP contribution in [0.4, 0.5) is 5.69 Å². The molecule has 1 saturated carbocycles. The molecule has 0 spiro atoms. The van der Waals surface area contributed by atoms with Gasteiger partial charge in [-0.3, -0.25) is 13.9 Å². The van der Waals surface area contributed by atoms with E-state index in [2.05, 4.69) is 21.2 Å². The van der Waals surface area contributed by atoms with Gasteiger partial charge in [-0.1, -0.05) is 66.2 Å². The molecule has 1 aliphatic carbocycles. The van der Waals surface area contributed by atoms with Gasteiger partial charge in [0, 0.05) is 22.6 Å². The molecule has 2 amide bonds. The summed E-state index contributed by atoms with van der Waals surface area (Å²) >= 11 is 16.0. The molecule has 1 N–H and O–H groups in total. The van der Waals surface area contributed by atoms with Gasteiger partial charge in [-0.15, -0.1) is 0 Å². The highest BCUT2D eigenvalue weighted by molar-refractivity contribution is 9.10. The maximum absolute atomic E-state index is 14.2. The third-order valence-electron chi connectivity index (χ3n) is 7.79. The van der Waals surface area contributed by atoms with E-state index < -0.39 is 28.5 Å². The highest BCUT2D eigenvalue weighted by atomic mass is 79.9. The van der Waals surface area contributed by atoms with E-state index in [1.807, 2.05) is 6.92 Å². The highest BCUT2D eigenvalue weighted by Gasteiger charge is 2.34. The molecule has 236 valence electrons. The summed E-state index contributed by atoms with van der Waals surface area (Å²) < 4.78 is 35.0. The molecule has 4 rings (SSSR count). The Balaban J connectivity index is 1.71. The minimum Gasteiger partial charge on any atom is -0.496 e. The minimum absolute atomic E-state index is 0.0239. The molecule has 12 heteroatoms. The predicted octanol–water partition coefficient (Wildman–Crippen LogP) is 7.13. The van der Waals surface area contributed by atoms with Gasteiger partial charge < -0.3 is 15.0 Å². The zero-order valence-electron chi connectivity index (χ0n) is 24.9. The van der Waals surface area contributed by atoms with Crippen molar-refractivity contribution in [2.24, 2.45) is 0 Å². The van der Waals surface area contributed by atoms with Crippen LogP contribution in [0, 0.1) is 6.92 Å². The Kier molecular flexibility index (Phi) is 11.6. The van der Waals surface area contributed by atoms with E-state index in [0.29, 0.717) is 31.5 Å². The third kappa shape index (κ3) is 8.27. The number of ether oxygens (including phenoxy) is 1. The number of carbonyl (C=O) groups is 2. The van der Waals surface area contributed by atoms with E-state index in [1.165, 1.54) is 24.1 Å². The molecule has 1 fully saturated rings. The fourth-order valence-corrected chi connectivity index (χ4v) is 7.76. The summed E-state index contributed by atoms with van der Waals surface area (Å²) in [6.45, 7) is 2.95. The second-order valence-electron chi connectivity index (χ2n) is 10.9. The maximum Gasteiger partial charge on any atom is 0.264 e. The summed E-state index contributed by atoms with van der Waals surface area (Å²) in [5, 5.41) is 3.86.